The molecule has 0 amide bonds. The van der Waals surface area contributed by atoms with Crippen LogP contribution in [-0.2, 0) is 6.54 Å². The fourth-order valence-electron chi connectivity index (χ4n) is 0.837. The summed E-state index contributed by atoms with van der Waals surface area (Å²) in [6.07, 6.45) is -3.04. The van der Waals surface area contributed by atoms with E-state index in [4.69, 9.17) is 6.57 Å². The number of hydrogen-bond acceptors (Lipinski definition) is 2. The van der Waals surface area contributed by atoms with Gasteiger partial charge in [-0.2, -0.15) is 13.2 Å². The van der Waals surface area contributed by atoms with E-state index in [1.807, 2.05) is 0 Å². The maximum atomic E-state index is 11.7. The van der Waals surface area contributed by atoms with Crippen LogP contribution in [0.5, 0.6) is 5.88 Å². The van der Waals surface area contributed by atoms with Gasteiger partial charge in [-0.15, -0.1) is 0 Å². The third-order valence-electron chi connectivity index (χ3n) is 1.44. The summed E-state index contributed by atoms with van der Waals surface area (Å²) < 4.78 is 39.6. The zero-order valence-electron chi connectivity index (χ0n) is 7.58. The molecule has 0 N–H and O–H groups in total. The third-order valence-corrected chi connectivity index (χ3v) is 1.44. The van der Waals surface area contributed by atoms with Gasteiger partial charge in [0.1, 0.15) is 0 Å². The van der Waals surface area contributed by atoms with E-state index in [2.05, 4.69) is 14.6 Å². The molecule has 1 rings (SSSR count). The molecule has 0 aliphatic carbocycles. The minimum absolute atomic E-state index is 0.0962. The smallest absolute Gasteiger partial charge is 0.422 e. The summed E-state index contributed by atoms with van der Waals surface area (Å²) in [5.41, 5.74) is 0.643. The van der Waals surface area contributed by atoms with Crippen LogP contribution >= 0.6 is 0 Å². The Bertz CT molecular complexity index is 353. The SMILES string of the molecule is [C-]#[N+]Cc1ccc(OCC(F)(F)F)nc1. The van der Waals surface area contributed by atoms with E-state index in [-0.39, 0.29) is 12.4 Å². The molecule has 0 spiro atoms. The number of aromatic nitrogens is 1. The van der Waals surface area contributed by atoms with Crippen molar-refractivity contribution in [2.24, 2.45) is 0 Å². The molecule has 0 bridgehead atoms. The molecule has 0 saturated carbocycles. The average Bonchev–Trinajstić information content (AvgIpc) is 2.16. The zero-order valence-corrected chi connectivity index (χ0v) is 7.58. The minimum Gasteiger partial charge on any atom is -0.468 e. The monoisotopic (exact) mass is 216 g/mol. The summed E-state index contributed by atoms with van der Waals surface area (Å²) in [5.74, 6) is -0.0962. The zero-order chi connectivity index (χ0) is 11.3. The van der Waals surface area contributed by atoms with Crippen LogP contribution < -0.4 is 4.74 Å². The molecule has 3 nitrogen and oxygen atoms in total. The summed E-state index contributed by atoms with van der Waals surface area (Å²) in [5, 5.41) is 0. The Labute approximate surface area is 84.3 Å². The molecule has 0 saturated heterocycles. The number of rotatable bonds is 3. The first-order chi connectivity index (χ1) is 7.01. The fraction of sp³-hybridized carbons (Fsp3) is 0.333. The molecule has 0 atom stereocenters. The maximum absolute atomic E-state index is 11.7. The number of hydrogen-bond donors (Lipinski definition) is 0. The van der Waals surface area contributed by atoms with Gasteiger partial charge in [0.2, 0.25) is 12.4 Å². The second kappa shape index (κ2) is 4.64. The molecule has 0 aliphatic rings. The van der Waals surface area contributed by atoms with Gasteiger partial charge in [-0.25, -0.2) is 11.6 Å². The Kier molecular flexibility index (Phi) is 3.50. The largest absolute Gasteiger partial charge is 0.468 e. The quantitative estimate of drug-likeness (QED) is 0.725. The second-order valence-electron chi connectivity index (χ2n) is 2.72. The lowest BCUT2D eigenvalue weighted by Gasteiger charge is -2.07. The lowest BCUT2D eigenvalue weighted by atomic mass is 10.3. The maximum Gasteiger partial charge on any atom is 0.422 e. The number of halogens is 3. The molecule has 80 valence electrons. The molecule has 0 unspecified atom stereocenters. The van der Waals surface area contributed by atoms with Crippen molar-refractivity contribution in [2.75, 3.05) is 6.61 Å². The molecular weight excluding hydrogens is 209 g/mol. The lowest BCUT2D eigenvalue weighted by Crippen LogP contribution is -2.19. The van der Waals surface area contributed by atoms with Crippen LogP contribution in [0, 0.1) is 6.57 Å². The molecule has 15 heavy (non-hydrogen) atoms. The van der Waals surface area contributed by atoms with E-state index in [1.54, 1.807) is 0 Å². The molecular formula is C9H7F3N2O. The summed E-state index contributed by atoms with van der Waals surface area (Å²) in [6.45, 7) is 5.37. The number of pyridine rings is 1. The van der Waals surface area contributed by atoms with Crippen molar-refractivity contribution < 1.29 is 17.9 Å². The van der Waals surface area contributed by atoms with E-state index in [1.165, 1.54) is 18.3 Å². The highest BCUT2D eigenvalue weighted by atomic mass is 19.4. The van der Waals surface area contributed by atoms with Crippen molar-refractivity contribution in [3.8, 4) is 5.88 Å². The van der Waals surface area contributed by atoms with Crippen molar-refractivity contribution in [1.29, 1.82) is 0 Å². The van der Waals surface area contributed by atoms with E-state index < -0.39 is 12.8 Å². The van der Waals surface area contributed by atoms with Crippen molar-refractivity contribution in [2.45, 2.75) is 12.7 Å². The summed E-state index contributed by atoms with van der Waals surface area (Å²) in [4.78, 5) is 6.74. The highest BCUT2D eigenvalue weighted by molar-refractivity contribution is 5.18. The summed E-state index contributed by atoms with van der Waals surface area (Å²) >= 11 is 0. The van der Waals surface area contributed by atoms with Crippen LogP contribution in [0.1, 0.15) is 5.56 Å². The molecule has 0 aliphatic heterocycles. The van der Waals surface area contributed by atoms with Gasteiger partial charge in [-0.05, 0) is 6.07 Å². The van der Waals surface area contributed by atoms with Gasteiger partial charge in [0, 0.05) is 17.8 Å². The number of alkyl halides is 3. The van der Waals surface area contributed by atoms with Gasteiger partial charge in [-0.1, -0.05) is 0 Å². The number of nitrogens with zero attached hydrogens (tertiary/aromatic N) is 2. The van der Waals surface area contributed by atoms with Crippen LogP contribution in [-0.4, -0.2) is 17.8 Å². The Morgan fingerprint density at radius 1 is 1.40 bits per heavy atom. The highest BCUT2D eigenvalue weighted by Crippen LogP contribution is 2.17. The number of ether oxygens (including phenoxy) is 1. The van der Waals surface area contributed by atoms with Crippen LogP contribution in [0.4, 0.5) is 13.2 Å². The predicted octanol–water partition coefficient (Wildman–Crippen LogP) is 2.44. The molecule has 1 aromatic heterocycles. The predicted molar refractivity (Wildman–Crippen MR) is 46.1 cm³/mol. The van der Waals surface area contributed by atoms with Crippen LogP contribution in [0.25, 0.3) is 4.85 Å². The van der Waals surface area contributed by atoms with Crippen LogP contribution in [0.15, 0.2) is 18.3 Å². The second-order valence-corrected chi connectivity index (χ2v) is 2.72. The van der Waals surface area contributed by atoms with Gasteiger partial charge in [0.25, 0.3) is 0 Å². The first kappa shape index (κ1) is 11.3. The van der Waals surface area contributed by atoms with Gasteiger partial charge in [0.15, 0.2) is 6.61 Å². The lowest BCUT2D eigenvalue weighted by molar-refractivity contribution is -0.154. The van der Waals surface area contributed by atoms with E-state index in [0.717, 1.165) is 0 Å². The topological polar surface area (TPSA) is 26.5 Å². The van der Waals surface area contributed by atoms with Crippen molar-refractivity contribution in [3.05, 3.63) is 35.3 Å². The van der Waals surface area contributed by atoms with Gasteiger partial charge < -0.3 is 9.58 Å². The minimum atomic E-state index is -4.36. The third kappa shape index (κ3) is 4.31. The standard InChI is InChI=1S/C9H7F3N2O/c1-13-4-7-2-3-8(14-5-7)15-6-9(10,11)12/h2-3,5H,4,6H2. The normalized spacial score (nSPS) is 10.8. The molecule has 0 aromatic carbocycles. The average molecular weight is 216 g/mol. The first-order valence-corrected chi connectivity index (χ1v) is 3.99. The fourth-order valence-corrected chi connectivity index (χ4v) is 0.837. The Morgan fingerprint density at radius 2 is 2.13 bits per heavy atom. The Hall–Kier alpha value is -1.77. The Morgan fingerprint density at radius 3 is 2.60 bits per heavy atom. The van der Waals surface area contributed by atoms with Crippen LogP contribution in [0.2, 0.25) is 0 Å². The summed E-state index contributed by atoms with van der Waals surface area (Å²) in [7, 11) is 0. The van der Waals surface area contributed by atoms with Gasteiger partial charge in [-0.3, -0.25) is 0 Å². The van der Waals surface area contributed by atoms with E-state index >= 15 is 0 Å². The van der Waals surface area contributed by atoms with Crippen molar-refractivity contribution >= 4 is 0 Å². The molecule has 1 aromatic rings. The molecule has 1 heterocycles. The molecule has 0 fully saturated rings. The van der Waals surface area contributed by atoms with Gasteiger partial charge >= 0.3 is 6.18 Å². The van der Waals surface area contributed by atoms with Crippen LogP contribution in [0.3, 0.4) is 0 Å². The van der Waals surface area contributed by atoms with E-state index in [0.29, 0.717) is 5.56 Å². The molecule has 0 radical (unpaired) electrons. The van der Waals surface area contributed by atoms with Crippen molar-refractivity contribution in [3.63, 3.8) is 0 Å². The van der Waals surface area contributed by atoms with E-state index in [9.17, 15) is 13.2 Å². The molecule has 6 heteroatoms. The first-order valence-electron chi connectivity index (χ1n) is 3.99. The Balaban J connectivity index is 2.54. The van der Waals surface area contributed by atoms with Gasteiger partial charge in [0.05, 0.1) is 0 Å². The summed E-state index contributed by atoms with van der Waals surface area (Å²) in [6, 6.07) is 2.82. The van der Waals surface area contributed by atoms with Crippen molar-refractivity contribution in [1.82, 2.24) is 4.98 Å². The highest BCUT2D eigenvalue weighted by Gasteiger charge is 2.28.